The van der Waals surface area contributed by atoms with Gasteiger partial charge in [0.2, 0.25) is 0 Å². The molecule has 0 bridgehead atoms. The molecule has 1 aliphatic heterocycles. The first kappa shape index (κ1) is 12.7. The lowest BCUT2D eigenvalue weighted by Gasteiger charge is -2.09. The maximum Gasteiger partial charge on any atom is 0.0789 e. The molecule has 1 nitrogen and oxygen atoms in total. The molecule has 2 aromatic carbocycles. The topological polar surface area (TPSA) is 12.4 Å². The third-order valence-corrected chi connectivity index (χ3v) is 4.42. The van der Waals surface area contributed by atoms with Crippen LogP contribution in [0.25, 0.3) is 0 Å². The molecule has 0 spiro atoms. The number of fused-ring (bicyclic) bond motifs is 1. The third-order valence-electron chi connectivity index (χ3n) is 2.97. The van der Waals surface area contributed by atoms with Crippen LogP contribution in [0.4, 0.5) is 0 Å². The van der Waals surface area contributed by atoms with E-state index >= 15 is 0 Å². The van der Waals surface area contributed by atoms with Crippen molar-refractivity contribution in [1.29, 1.82) is 0 Å². The first-order valence-corrected chi connectivity index (χ1v) is 7.57. The Morgan fingerprint density at radius 2 is 1.74 bits per heavy atom. The zero-order valence-electron chi connectivity index (χ0n) is 10.6. The average molecular weight is 283 g/mol. The highest BCUT2D eigenvalue weighted by Crippen LogP contribution is 2.30. The number of allylic oxidation sites excluding steroid dienone is 1. The first-order valence-electron chi connectivity index (χ1n) is 6.11. The Morgan fingerprint density at radius 3 is 2.53 bits per heavy atom. The van der Waals surface area contributed by atoms with Crippen LogP contribution in [-0.4, -0.2) is 5.71 Å². The summed E-state index contributed by atoms with van der Waals surface area (Å²) in [5.41, 5.74) is 4.47. The average Bonchev–Trinajstić information content (AvgIpc) is 2.60. The number of aliphatic imine (C=N–C) groups is 1. The van der Waals surface area contributed by atoms with Gasteiger partial charge >= 0.3 is 0 Å². The largest absolute Gasteiger partial charge is 0.252 e. The number of nitrogens with zero attached hydrogens (tertiary/aromatic N) is 1. The van der Waals surface area contributed by atoms with Gasteiger partial charge in [-0.05, 0) is 23.7 Å². The molecular weight excluding hydrogens is 269 g/mol. The van der Waals surface area contributed by atoms with E-state index in [2.05, 4.69) is 63.2 Å². The molecule has 0 amide bonds. The summed E-state index contributed by atoms with van der Waals surface area (Å²) in [5, 5.41) is 3.29. The molecule has 3 heteroatoms. The molecule has 0 N–H and O–H groups in total. The van der Waals surface area contributed by atoms with Crippen LogP contribution in [0, 0.1) is 0 Å². The van der Waals surface area contributed by atoms with Gasteiger partial charge in [0.15, 0.2) is 0 Å². The summed E-state index contributed by atoms with van der Waals surface area (Å²) >= 11 is 1.74. The molecule has 0 aliphatic carbocycles. The Labute approximate surface area is 120 Å². The van der Waals surface area contributed by atoms with Crippen LogP contribution in [0.2, 0.25) is 0 Å². The van der Waals surface area contributed by atoms with Gasteiger partial charge in [-0.3, -0.25) is 4.99 Å². The second-order valence-electron chi connectivity index (χ2n) is 4.46. The van der Waals surface area contributed by atoms with Gasteiger partial charge in [0, 0.05) is 21.7 Å². The molecule has 1 aliphatic rings. The molecule has 3 rings (SSSR count). The lowest BCUT2D eigenvalue weighted by Crippen LogP contribution is -2.05. The second-order valence-corrected chi connectivity index (χ2v) is 6.03. The molecule has 1 unspecified atom stereocenters. The number of benzene rings is 2. The van der Waals surface area contributed by atoms with Crippen LogP contribution in [-0.2, 0) is 0 Å². The van der Waals surface area contributed by atoms with Gasteiger partial charge in [0.05, 0.1) is 5.71 Å². The molecule has 0 radical (unpaired) electrons. The highest BCUT2D eigenvalue weighted by Gasteiger charge is 2.14. The van der Waals surface area contributed by atoms with E-state index in [-0.39, 0.29) is 0 Å². The van der Waals surface area contributed by atoms with Gasteiger partial charge in [-0.25, -0.2) is 0 Å². The maximum absolute atomic E-state index is 4.77. The number of rotatable bonds is 1. The highest BCUT2D eigenvalue weighted by atomic mass is 32.2. The van der Waals surface area contributed by atoms with E-state index in [4.69, 9.17) is 4.99 Å². The predicted molar refractivity (Wildman–Crippen MR) is 87.5 cm³/mol. The number of thioether (sulfide) groups is 1. The smallest absolute Gasteiger partial charge is 0.0789 e. The van der Waals surface area contributed by atoms with E-state index in [0.717, 1.165) is 17.0 Å². The van der Waals surface area contributed by atoms with E-state index in [0.29, 0.717) is 0 Å². The monoisotopic (exact) mass is 283 g/mol. The molecular formula is C16H14NPS. The van der Waals surface area contributed by atoms with Crippen molar-refractivity contribution in [1.82, 2.24) is 0 Å². The van der Waals surface area contributed by atoms with Gasteiger partial charge in [-0.15, -0.1) is 9.24 Å². The standard InChI is InChI=1S/C16H14NPS/c1-11-10-19-15-5-3-2-4-14(15)16(17-11)12-6-8-13(18)9-7-12/h2-10H,18H2,1H3. The van der Waals surface area contributed by atoms with Crippen molar-refractivity contribution < 1.29 is 0 Å². The minimum Gasteiger partial charge on any atom is -0.252 e. The van der Waals surface area contributed by atoms with E-state index in [1.807, 2.05) is 6.92 Å². The van der Waals surface area contributed by atoms with E-state index < -0.39 is 0 Å². The van der Waals surface area contributed by atoms with Gasteiger partial charge < -0.3 is 0 Å². The summed E-state index contributed by atoms with van der Waals surface area (Å²) in [4.78, 5) is 6.02. The van der Waals surface area contributed by atoms with E-state index in [1.54, 1.807) is 11.8 Å². The SMILES string of the molecule is CC1=CSc2ccccc2C(c2ccc(P)cc2)=N1. The lowest BCUT2D eigenvalue weighted by atomic mass is 10.0. The number of hydrogen-bond acceptors (Lipinski definition) is 2. The van der Waals surface area contributed by atoms with Crippen LogP contribution in [0.15, 0.2) is 69.5 Å². The van der Waals surface area contributed by atoms with Crippen molar-refractivity contribution in [2.45, 2.75) is 11.8 Å². The molecule has 1 heterocycles. The zero-order chi connectivity index (χ0) is 13.2. The predicted octanol–water partition coefficient (Wildman–Crippen LogP) is 3.99. The lowest BCUT2D eigenvalue weighted by molar-refractivity contribution is 1.31. The molecule has 94 valence electrons. The first-order chi connectivity index (χ1) is 9.24. The summed E-state index contributed by atoms with van der Waals surface area (Å²) in [6.45, 7) is 2.04. The fraction of sp³-hybridized carbons (Fsp3) is 0.0625. The molecule has 19 heavy (non-hydrogen) atoms. The summed E-state index contributed by atoms with van der Waals surface area (Å²) in [7, 11) is 2.71. The van der Waals surface area contributed by atoms with Crippen molar-refractivity contribution in [2.75, 3.05) is 0 Å². The molecule has 0 fully saturated rings. The van der Waals surface area contributed by atoms with Crippen molar-refractivity contribution in [2.24, 2.45) is 4.99 Å². The maximum atomic E-state index is 4.77. The fourth-order valence-electron chi connectivity index (χ4n) is 2.04. The summed E-state index contributed by atoms with van der Waals surface area (Å²) < 4.78 is 0. The minimum atomic E-state index is 1.05. The molecule has 0 saturated heterocycles. The highest BCUT2D eigenvalue weighted by molar-refractivity contribution is 8.02. The third kappa shape index (κ3) is 2.65. The Morgan fingerprint density at radius 1 is 1.00 bits per heavy atom. The molecule has 0 saturated carbocycles. The van der Waals surface area contributed by atoms with Crippen LogP contribution in [0.1, 0.15) is 18.1 Å². The molecule has 0 aromatic heterocycles. The van der Waals surface area contributed by atoms with Crippen molar-refractivity contribution >= 4 is 32.0 Å². The van der Waals surface area contributed by atoms with Gasteiger partial charge in [-0.2, -0.15) is 0 Å². The summed E-state index contributed by atoms with van der Waals surface area (Å²) in [6, 6.07) is 16.9. The Kier molecular flexibility index (Phi) is 3.54. The molecule has 2 aromatic rings. The quantitative estimate of drug-likeness (QED) is 0.721. The Balaban J connectivity index is 2.18. The minimum absolute atomic E-state index is 1.05. The van der Waals surface area contributed by atoms with E-state index in [9.17, 15) is 0 Å². The number of hydrogen-bond donors (Lipinski definition) is 0. The second kappa shape index (κ2) is 5.32. The zero-order valence-corrected chi connectivity index (χ0v) is 12.6. The van der Waals surface area contributed by atoms with Crippen molar-refractivity contribution in [3.63, 3.8) is 0 Å². The fourth-order valence-corrected chi connectivity index (χ4v) is 3.03. The van der Waals surface area contributed by atoms with Crippen LogP contribution in [0.3, 0.4) is 0 Å². The Bertz CT molecular complexity index is 671. The van der Waals surface area contributed by atoms with Crippen LogP contribution < -0.4 is 5.30 Å². The van der Waals surface area contributed by atoms with Gasteiger partial charge in [0.1, 0.15) is 0 Å². The van der Waals surface area contributed by atoms with Gasteiger partial charge in [-0.1, -0.05) is 54.2 Å². The Hall–Kier alpha value is -1.37. The van der Waals surface area contributed by atoms with Crippen molar-refractivity contribution in [3.8, 4) is 0 Å². The van der Waals surface area contributed by atoms with Crippen molar-refractivity contribution in [3.05, 3.63) is 70.8 Å². The summed E-state index contributed by atoms with van der Waals surface area (Å²) in [5.74, 6) is 0. The molecule has 1 atom stereocenters. The van der Waals surface area contributed by atoms with Crippen LogP contribution >= 0.6 is 21.0 Å². The normalized spacial score (nSPS) is 14.2. The van der Waals surface area contributed by atoms with E-state index in [1.165, 1.54) is 15.8 Å². The van der Waals surface area contributed by atoms with Gasteiger partial charge in [0.25, 0.3) is 0 Å². The van der Waals surface area contributed by atoms with Crippen LogP contribution in [0.5, 0.6) is 0 Å². The summed E-state index contributed by atoms with van der Waals surface area (Å²) in [6.07, 6.45) is 0.